The molecule has 0 spiro atoms. The molecule has 1 N–H and O–H groups in total. The molecule has 2 aromatic carbocycles. The number of rotatable bonds is 1. The van der Waals surface area contributed by atoms with E-state index in [9.17, 15) is 9.18 Å². The van der Waals surface area contributed by atoms with Gasteiger partial charge in [0.25, 0.3) is 0 Å². The zero-order valence-electron chi connectivity index (χ0n) is 11.3. The van der Waals surface area contributed by atoms with Crippen molar-refractivity contribution in [3.05, 3.63) is 61.6 Å². The fourth-order valence-corrected chi connectivity index (χ4v) is 3.74. The van der Waals surface area contributed by atoms with Crippen molar-refractivity contribution in [2.75, 3.05) is 0 Å². The molecule has 0 saturated heterocycles. The number of benzene rings is 2. The van der Waals surface area contributed by atoms with Crippen LogP contribution in [0.1, 0.15) is 0 Å². The average Bonchev–Trinajstić information content (AvgIpc) is 2.95. The zero-order valence-corrected chi connectivity index (χ0v) is 14.5. The second-order valence-electron chi connectivity index (χ2n) is 4.92. The molecule has 0 saturated carbocycles. The van der Waals surface area contributed by atoms with Gasteiger partial charge in [0.05, 0.1) is 5.52 Å². The van der Waals surface area contributed by atoms with E-state index >= 15 is 0 Å². The molecular weight excluding hydrogens is 431 g/mol. The summed E-state index contributed by atoms with van der Waals surface area (Å²) in [4.78, 5) is 19.4. The van der Waals surface area contributed by atoms with E-state index in [1.165, 1.54) is 16.6 Å². The van der Waals surface area contributed by atoms with Crippen LogP contribution in [0.4, 0.5) is 4.39 Å². The van der Waals surface area contributed by atoms with Crippen molar-refractivity contribution in [3.8, 4) is 11.4 Å². The Labute approximate surface area is 145 Å². The van der Waals surface area contributed by atoms with Crippen LogP contribution in [0.15, 0.2) is 50.1 Å². The number of nitrogens with zero attached hydrogens (tertiary/aromatic N) is 3. The molecule has 114 valence electrons. The van der Waals surface area contributed by atoms with Crippen molar-refractivity contribution in [3.63, 3.8) is 0 Å². The van der Waals surface area contributed by atoms with Gasteiger partial charge in [-0.05, 0) is 40.2 Å². The molecule has 4 rings (SSSR count). The molecule has 2 heterocycles. The Morgan fingerprint density at radius 1 is 1.17 bits per heavy atom. The molecule has 0 bridgehead atoms. The monoisotopic (exact) mass is 436 g/mol. The van der Waals surface area contributed by atoms with Gasteiger partial charge in [0.2, 0.25) is 0 Å². The Morgan fingerprint density at radius 3 is 2.78 bits per heavy atom. The lowest BCUT2D eigenvalue weighted by Crippen LogP contribution is -2.17. The number of H-pyrrole nitrogens is 1. The fraction of sp³-hybridized carbons (Fsp3) is 0. The van der Waals surface area contributed by atoms with E-state index in [-0.39, 0.29) is 5.82 Å². The highest BCUT2D eigenvalue weighted by molar-refractivity contribution is 9.11. The fourth-order valence-electron chi connectivity index (χ4n) is 2.41. The van der Waals surface area contributed by atoms with Crippen molar-refractivity contribution in [2.45, 2.75) is 0 Å². The van der Waals surface area contributed by atoms with E-state index in [1.54, 1.807) is 12.1 Å². The first-order chi connectivity index (χ1) is 11.0. The minimum absolute atomic E-state index is 0.290. The Kier molecular flexibility index (Phi) is 3.31. The number of halogens is 3. The molecule has 4 aromatic rings. The van der Waals surface area contributed by atoms with E-state index in [4.69, 9.17) is 0 Å². The SMILES string of the molecule is O=c1[nH]c2c(Br)cc(Br)cc2c2nc(-c3cccc(F)c3)nn12. The topological polar surface area (TPSA) is 63.0 Å². The highest BCUT2D eigenvalue weighted by Crippen LogP contribution is 2.29. The molecule has 0 aliphatic carbocycles. The Bertz CT molecular complexity index is 1140. The van der Waals surface area contributed by atoms with Gasteiger partial charge in [-0.2, -0.15) is 4.52 Å². The normalized spacial score (nSPS) is 11.4. The van der Waals surface area contributed by atoms with Crippen LogP contribution in [-0.4, -0.2) is 19.6 Å². The standard InChI is InChI=1S/C15H7Br2FN4O/c16-8-5-10-12(11(17)6-8)19-15(23)22-14(10)20-13(21-22)7-2-1-3-9(18)4-7/h1-6H,(H,19,23). The molecule has 0 amide bonds. The molecular formula is C15H7Br2FN4O. The highest BCUT2D eigenvalue weighted by Gasteiger charge is 2.14. The maximum absolute atomic E-state index is 13.4. The molecule has 0 atom stereocenters. The Morgan fingerprint density at radius 2 is 2.00 bits per heavy atom. The highest BCUT2D eigenvalue weighted by atomic mass is 79.9. The predicted octanol–water partition coefficient (Wildman–Crippen LogP) is 3.90. The van der Waals surface area contributed by atoms with Crippen molar-refractivity contribution in [1.29, 1.82) is 0 Å². The molecule has 2 aromatic heterocycles. The number of hydrogen-bond donors (Lipinski definition) is 1. The van der Waals surface area contributed by atoms with Gasteiger partial charge in [-0.3, -0.25) is 0 Å². The summed E-state index contributed by atoms with van der Waals surface area (Å²) in [6.07, 6.45) is 0. The quantitative estimate of drug-likeness (QED) is 0.491. The smallest absolute Gasteiger partial charge is 0.304 e. The van der Waals surface area contributed by atoms with E-state index in [0.29, 0.717) is 22.6 Å². The van der Waals surface area contributed by atoms with Gasteiger partial charge < -0.3 is 4.98 Å². The third-order valence-electron chi connectivity index (χ3n) is 3.41. The van der Waals surface area contributed by atoms with Crippen LogP contribution in [0.2, 0.25) is 0 Å². The van der Waals surface area contributed by atoms with Crippen LogP contribution >= 0.6 is 31.9 Å². The van der Waals surface area contributed by atoms with Gasteiger partial charge in [0.1, 0.15) is 5.82 Å². The number of aromatic nitrogens is 4. The first-order valence-corrected chi connectivity index (χ1v) is 8.15. The molecule has 0 aliphatic rings. The van der Waals surface area contributed by atoms with E-state index in [2.05, 4.69) is 46.9 Å². The maximum Gasteiger partial charge on any atom is 0.348 e. The molecule has 0 fully saturated rings. The van der Waals surface area contributed by atoms with Crippen LogP contribution in [0.5, 0.6) is 0 Å². The maximum atomic E-state index is 13.4. The zero-order chi connectivity index (χ0) is 16.1. The minimum atomic E-state index is -0.411. The first-order valence-electron chi connectivity index (χ1n) is 6.57. The summed E-state index contributed by atoms with van der Waals surface area (Å²) in [5, 5.41) is 4.92. The Hall–Kier alpha value is -2.06. The minimum Gasteiger partial charge on any atom is -0.304 e. The van der Waals surface area contributed by atoms with Crippen LogP contribution in [-0.2, 0) is 0 Å². The molecule has 0 radical (unpaired) electrons. The Balaban J connectivity index is 2.10. The summed E-state index contributed by atoms with van der Waals surface area (Å²) in [6, 6.07) is 9.62. The molecule has 0 unspecified atom stereocenters. The van der Waals surface area contributed by atoms with Crippen molar-refractivity contribution >= 4 is 48.4 Å². The molecule has 5 nitrogen and oxygen atoms in total. The van der Waals surface area contributed by atoms with E-state index in [1.807, 2.05) is 12.1 Å². The van der Waals surface area contributed by atoms with Crippen LogP contribution < -0.4 is 5.69 Å². The number of nitrogens with one attached hydrogen (secondary N) is 1. The summed E-state index contributed by atoms with van der Waals surface area (Å²) >= 11 is 6.84. The van der Waals surface area contributed by atoms with E-state index < -0.39 is 5.69 Å². The number of hydrogen-bond acceptors (Lipinski definition) is 3. The summed E-state index contributed by atoms with van der Waals surface area (Å²) in [5.41, 5.74) is 1.13. The second-order valence-corrected chi connectivity index (χ2v) is 6.69. The summed E-state index contributed by atoms with van der Waals surface area (Å²) in [6.45, 7) is 0. The lowest BCUT2D eigenvalue weighted by Gasteiger charge is -2.02. The summed E-state index contributed by atoms with van der Waals surface area (Å²) in [5.74, 6) is -0.0933. The van der Waals surface area contributed by atoms with Gasteiger partial charge in [0, 0.05) is 19.9 Å². The number of fused-ring (bicyclic) bond motifs is 3. The second kappa shape index (κ2) is 5.24. The molecule has 23 heavy (non-hydrogen) atoms. The van der Waals surface area contributed by atoms with Crippen molar-refractivity contribution < 1.29 is 4.39 Å². The van der Waals surface area contributed by atoms with Gasteiger partial charge in [0.15, 0.2) is 11.5 Å². The first kappa shape index (κ1) is 14.5. The lowest BCUT2D eigenvalue weighted by molar-refractivity contribution is 0.628. The average molecular weight is 438 g/mol. The largest absolute Gasteiger partial charge is 0.348 e. The summed E-state index contributed by atoms with van der Waals surface area (Å²) < 4.78 is 16.2. The van der Waals surface area contributed by atoms with Crippen LogP contribution in [0.25, 0.3) is 27.9 Å². The third-order valence-corrected chi connectivity index (χ3v) is 4.49. The lowest BCUT2D eigenvalue weighted by atomic mass is 10.2. The molecule has 8 heteroatoms. The van der Waals surface area contributed by atoms with Crippen LogP contribution in [0.3, 0.4) is 0 Å². The molecule has 0 aliphatic heterocycles. The van der Waals surface area contributed by atoms with E-state index in [0.717, 1.165) is 14.3 Å². The van der Waals surface area contributed by atoms with Gasteiger partial charge in [-0.25, -0.2) is 14.2 Å². The van der Waals surface area contributed by atoms with Gasteiger partial charge >= 0.3 is 5.69 Å². The van der Waals surface area contributed by atoms with Crippen LogP contribution in [0, 0.1) is 5.82 Å². The van der Waals surface area contributed by atoms with Gasteiger partial charge in [-0.15, -0.1) is 5.10 Å². The van der Waals surface area contributed by atoms with Gasteiger partial charge in [-0.1, -0.05) is 28.1 Å². The predicted molar refractivity (Wildman–Crippen MR) is 91.9 cm³/mol. The third kappa shape index (κ3) is 2.38. The van der Waals surface area contributed by atoms with Crippen molar-refractivity contribution in [1.82, 2.24) is 19.6 Å². The summed E-state index contributed by atoms with van der Waals surface area (Å²) in [7, 11) is 0. The van der Waals surface area contributed by atoms with Crippen molar-refractivity contribution in [2.24, 2.45) is 0 Å². The number of aromatic amines is 1.